The van der Waals surface area contributed by atoms with Crippen molar-refractivity contribution < 1.29 is 4.79 Å². The molecule has 1 heterocycles. The molecule has 3 heteroatoms. The minimum absolute atomic E-state index is 0.311. The second-order valence-electron chi connectivity index (χ2n) is 7.89. The number of carbonyl (C=O) groups excluding carboxylic acids is 1. The van der Waals surface area contributed by atoms with Crippen molar-refractivity contribution in [1.29, 1.82) is 0 Å². The van der Waals surface area contributed by atoms with Gasteiger partial charge in [-0.05, 0) is 54.3 Å². The lowest BCUT2D eigenvalue weighted by atomic mass is 9.82. The maximum absolute atomic E-state index is 12.9. The molecule has 1 saturated heterocycles. The van der Waals surface area contributed by atoms with Crippen LogP contribution < -0.4 is 5.73 Å². The van der Waals surface area contributed by atoms with Crippen LogP contribution in [0.25, 0.3) is 0 Å². The summed E-state index contributed by atoms with van der Waals surface area (Å²) in [7, 11) is 0. The largest absolute Gasteiger partial charge is 0.342 e. The van der Waals surface area contributed by atoms with Gasteiger partial charge < -0.3 is 10.6 Å². The molecular formula is C23H28N2O. The van der Waals surface area contributed by atoms with Crippen molar-refractivity contribution >= 4 is 5.91 Å². The molecule has 0 bridgehead atoms. The highest BCUT2D eigenvalue weighted by molar-refractivity contribution is 5.77. The van der Waals surface area contributed by atoms with E-state index in [0.717, 1.165) is 32.4 Å². The Hall–Kier alpha value is -2.13. The first-order valence-corrected chi connectivity index (χ1v) is 9.84. The Morgan fingerprint density at radius 1 is 1.00 bits per heavy atom. The molecule has 1 amide bonds. The lowest BCUT2D eigenvalue weighted by Crippen LogP contribution is -2.32. The van der Waals surface area contributed by atoms with E-state index in [2.05, 4.69) is 53.4 Å². The number of aryl methyl sites for hydroxylation is 1. The summed E-state index contributed by atoms with van der Waals surface area (Å²) in [4.78, 5) is 15.0. The average molecular weight is 348 g/mol. The van der Waals surface area contributed by atoms with Crippen molar-refractivity contribution in [1.82, 2.24) is 4.90 Å². The van der Waals surface area contributed by atoms with E-state index in [1.807, 2.05) is 6.07 Å². The highest BCUT2D eigenvalue weighted by atomic mass is 16.2. The molecular weight excluding hydrogens is 320 g/mol. The summed E-state index contributed by atoms with van der Waals surface area (Å²) < 4.78 is 0. The van der Waals surface area contributed by atoms with E-state index in [4.69, 9.17) is 5.73 Å². The number of benzene rings is 2. The van der Waals surface area contributed by atoms with Crippen molar-refractivity contribution in [2.24, 2.45) is 17.6 Å². The predicted octanol–water partition coefficient (Wildman–Crippen LogP) is 3.38. The van der Waals surface area contributed by atoms with E-state index in [1.165, 1.54) is 16.7 Å². The molecule has 2 N–H and O–H groups in total. The Kier molecular flexibility index (Phi) is 5.07. The molecule has 3 atom stereocenters. The van der Waals surface area contributed by atoms with Crippen molar-refractivity contribution in [2.75, 3.05) is 19.6 Å². The topological polar surface area (TPSA) is 46.3 Å². The highest BCUT2D eigenvalue weighted by Crippen LogP contribution is 2.34. The number of amides is 1. The normalized spacial score (nSPS) is 25.1. The van der Waals surface area contributed by atoms with E-state index in [9.17, 15) is 4.79 Å². The minimum Gasteiger partial charge on any atom is -0.342 e. The third kappa shape index (κ3) is 3.54. The number of likely N-dealkylation sites (tertiary alicyclic amines) is 1. The van der Waals surface area contributed by atoms with Crippen LogP contribution >= 0.6 is 0 Å². The molecule has 0 radical (unpaired) electrons. The molecule has 0 spiro atoms. The van der Waals surface area contributed by atoms with E-state index < -0.39 is 0 Å². The van der Waals surface area contributed by atoms with Gasteiger partial charge in [-0.1, -0.05) is 54.6 Å². The fourth-order valence-electron chi connectivity index (χ4n) is 4.72. The maximum Gasteiger partial charge on any atom is 0.222 e. The zero-order chi connectivity index (χ0) is 17.9. The van der Waals surface area contributed by atoms with Crippen molar-refractivity contribution in [2.45, 2.75) is 31.6 Å². The number of hydrogen-bond donors (Lipinski definition) is 1. The van der Waals surface area contributed by atoms with Crippen molar-refractivity contribution in [3.63, 3.8) is 0 Å². The van der Waals surface area contributed by atoms with Crippen LogP contribution in [0.4, 0.5) is 0 Å². The van der Waals surface area contributed by atoms with Gasteiger partial charge in [-0.3, -0.25) is 4.79 Å². The summed E-state index contributed by atoms with van der Waals surface area (Å²) in [6, 6.07) is 19.2. The molecule has 26 heavy (non-hydrogen) atoms. The molecule has 2 aromatic rings. The SMILES string of the molecule is NC[C@@H]1CN(C(=O)CC2CCc3ccccc3C2)C[C@H]1c1ccccc1. The molecule has 2 aromatic carbocycles. The first-order chi connectivity index (χ1) is 12.7. The molecule has 1 aliphatic carbocycles. The van der Waals surface area contributed by atoms with Crippen LogP contribution in [0.2, 0.25) is 0 Å². The molecule has 136 valence electrons. The van der Waals surface area contributed by atoms with Crippen LogP contribution in [0.1, 0.15) is 35.4 Å². The van der Waals surface area contributed by atoms with Gasteiger partial charge >= 0.3 is 0 Å². The van der Waals surface area contributed by atoms with E-state index >= 15 is 0 Å². The molecule has 0 aromatic heterocycles. The second-order valence-corrected chi connectivity index (χ2v) is 7.89. The van der Waals surface area contributed by atoms with Crippen LogP contribution in [0.5, 0.6) is 0 Å². The van der Waals surface area contributed by atoms with Gasteiger partial charge in [0.2, 0.25) is 5.91 Å². The zero-order valence-corrected chi connectivity index (χ0v) is 15.3. The standard InChI is InChI=1S/C23H28N2O/c24-14-21-15-25(16-22(21)19-7-2-1-3-8-19)23(26)13-17-10-11-18-6-4-5-9-20(18)12-17/h1-9,17,21-22H,10-16,24H2/t17?,21-,22+/m1/s1. The van der Waals surface area contributed by atoms with Gasteiger partial charge in [-0.2, -0.15) is 0 Å². The predicted molar refractivity (Wildman–Crippen MR) is 105 cm³/mol. The lowest BCUT2D eigenvalue weighted by molar-refractivity contribution is -0.131. The number of carbonyl (C=O) groups is 1. The van der Waals surface area contributed by atoms with Crippen LogP contribution in [0.15, 0.2) is 54.6 Å². The lowest BCUT2D eigenvalue weighted by Gasteiger charge is -2.26. The summed E-state index contributed by atoms with van der Waals surface area (Å²) >= 11 is 0. The Morgan fingerprint density at radius 2 is 1.73 bits per heavy atom. The van der Waals surface area contributed by atoms with Crippen LogP contribution in [-0.4, -0.2) is 30.4 Å². The molecule has 2 aliphatic rings. The maximum atomic E-state index is 12.9. The van der Waals surface area contributed by atoms with Gasteiger partial charge in [-0.15, -0.1) is 0 Å². The van der Waals surface area contributed by atoms with E-state index in [-0.39, 0.29) is 0 Å². The summed E-state index contributed by atoms with van der Waals surface area (Å²) in [6.07, 6.45) is 3.94. The fraction of sp³-hybridized carbons (Fsp3) is 0.435. The summed E-state index contributed by atoms with van der Waals surface area (Å²) in [6.45, 7) is 2.26. The van der Waals surface area contributed by atoms with E-state index in [1.54, 1.807) is 0 Å². The monoisotopic (exact) mass is 348 g/mol. The second kappa shape index (κ2) is 7.63. The Labute approximate surface area is 156 Å². The molecule has 1 unspecified atom stereocenters. The van der Waals surface area contributed by atoms with Gasteiger partial charge in [0.05, 0.1) is 0 Å². The number of rotatable bonds is 4. The van der Waals surface area contributed by atoms with Crippen molar-refractivity contribution in [3.05, 3.63) is 71.3 Å². The Morgan fingerprint density at radius 3 is 2.50 bits per heavy atom. The highest BCUT2D eigenvalue weighted by Gasteiger charge is 2.36. The number of fused-ring (bicyclic) bond motifs is 1. The van der Waals surface area contributed by atoms with E-state index in [0.29, 0.717) is 36.6 Å². The Bertz CT molecular complexity index is 758. The molecule has 3 nitrogen and oxygen atoms in total. The van der Waals surface area contributed by atoms with Gasteiger partial charge in [0, 0.05) is 25.4 Å². The average Bonchev–Trinajstić information content (AvgIpc) is 3.13. The number of nitrogens with two attached hydrogens (primary N) is 1. The van der Waals surface area contributed by atoms with Crippen LogP contribution in [0, 0.1) is 11.8 Å². The number of hydrogen-bond acceptors (Lipinski definition) is 2. The minimum atomic E-state index is 0.311. The Balaban J connectivity index is 1.40. The smallest absolute Gasteiger partial charge is 0.222 e. The van der Waals surface area contributed by atoms with Crippen molar-refractivity contribution in [3.8, 4) is 0 Å². The first-order valence-electron chi connectivity index (χ1n) is 9.84. The van der Waals surface area contributed by atoms with Crippen LogP contribution in [-0.2, 0) is 17.6 Å². The fourth-order valence-corrected chi connectivity index (χ4v) is 4.72. The van der Waals surface area contributed by atoms with Gasteiger partial charge in [0.1, 0.15) is 0 Å². The third-order valence-electron chi connectivity index (χ3n) is 6.24. The van der Waals surface area contributed by atoms with Gasteiger partial charge in [-0.25, -0.2) is 0 Å². The van der Waals surface area contributed by atoms with Gasteiger partial charge in [0.25, 0.3) is 0 Å². The molecule has 0 saturated carbocycles. The summed E-state index contributed by atoms with van der Waals surface area (Å²) in [5, 5.41) is 0. The zero-order valence-electron chi connectivity index (χ0n) is 15.3. The molecule has 1 fully saturated rings. The number of nitrogens with zero attached hydrogens (tertiary/aromatic N) is 1. The quantitative estimate of drug-likeness (QED) is 0.921. The summed E-state index contributed by atoms with van der Waals surface area (Å²) in [5.41, 5.74) is 10.2. The third-order valence-corrected chi connectivity index (χ3v) is 6.24. The van der Waals surface area contributed by atoms with Crippen LogP contribution in [0.3, 0.4) is 0 Å². The first kappa shape index (κ1) is 17.3. The summed E-state index contributed by atoms with van der Waals surface area (Å²) in [5.74, 6) is 1.53. The van der Waals surface area contributed by atoms with Gasteiger partial charge in [0.15, 0.2) is 0 Å². The molecule has 1 aliphatic heterocycles. The molecule has 4 rings (SSSR count).